The summed E-state index contributed by atoms with van der Waals surface area (Å²) in [6.07, 6.45) is 0. The van der Waals surface area contributed by atoms with Gasteiger partial charge < -0.3 is 20.4 Å². The number of aromatic nitrogens is 2. The van der Waals surface area contributed by atoms with Crippen LogP contribution in [0.15, 0.2) is 0 Å². The fourth-order valence-electron chi connectivity index (χ4n) is 0.902. The lowest BCUT2D eigenvalue weighted by atomic mass is 10.4. The highest BCUT2D eigenvalue weighted by atomic mass is 32.1. The zero-order valence-electron chi connectivity index (χ0n) is 7.76. The molecule has 0 aliphatic rings. The van der Waals surface area contributed by atoms with Crippen molar-refractivity contribution in [1.82, 2.24) is 15.3 Å². The Balaban J connectivity index is 3.03. The van der Waals surface area contributed by atoms with Gasteiger partial charge in [0.25, 0.3) is 0 Å². The van der Waals surface area contributed by atoms with Gasteiger partial charge in [-0.2, -0.15) is 4.98 Å². The number of imidazole rings is 1. The summed E-state index contributed by atoms with van der Waals surface area (Å²) in [5.41, 5.74) is 0.685. The predicted octanol–water partition coefficient (Wildman–Crippen LogP) is 0.355. The molecule has 0 atom stereocenters. The molecule has 0 bridgehead atoms. The highest BCUT2D eigenvalue weighted by molar-refractivity contribution is 7.80. The molecule has 5 nitrogen and oxygen atoms in total. The summed E-state index contributed by atoms with van der Waals surface area (Å²) >= 11 is 5.05. The van der Waals surface area contributed by atoms with Crippen molar-refractivity contribution in [2.75, 3.05) is 26.5 Å². The van der Waals surface area contributed by atoms with Crippen LogP contribution in [-0.2, 0) is 0 Å². The second-order valence-electron chi connectivity index (χ2n) is 2.30. The van der Waals surface area contributed by atoms with Gasteiger partial charge in [-0.15, -0.1) is 0 Å². The van der Waals surface area contributed by atoms with Gasteiger partial charge in [0.1, 0.15) is 10.7 Å². The molecule has 0 saturated heterocycles. The van der Waals surface area contributed by atoms with Gasteiger partial charge in [0.05, 0.1) is 7.11 Å². The molecule has 6 heteroatoms. The van der Waals surface area contributed by atoms with Crippen molar-refractivity contribution in [3.8, 4) is 5.88 Å². The Morgan fingerprint density at radius 1 is 1.54 bits per heavy atom. The van der Waals surface area contributed by atoms with Crippen LogP contribution in [0.2, 0.25) is 0 Å². The molecule has 13 heavy (non-hydrogen) atoms. The van der Waals surface area contributed by atoms with E-state index in [0.29, 0.717) is 22.5 Å². The maximum absolute atomic E-state index is 5.05. The van der Waals surface area contributed by atoms with E-state index in [1.807, 2.05) is 0 Å². The molecule has 0 radical (unpaired) electrons. The lowest BCUT2D eigenvalue weighted by Crippen LogP contribution is -2.17. The first-order valence-electron chi connectivity index (χ1n) is 3.76. The number of methoxy groups -OCH3 is 1. The van der Waals surface area contributed by atoms with Crippen molar-refractivity contribution in [2.45, 2.75) is 0 Å². The minimum Gasteiger partial charge on any atom is -0.479 e. The van der Waals surface area contributed by atoms with E-state index in [1.54, 1.807) is 21.2 Å². The Bertz CT molecular complexity index is 309. The molecule has 1 aromatic heterocycles. The molecule has 0 aromatic carbocycles. The number of hydrogen-bond acceptors (Lipinski definition) is 4. The lowest BCUT2D eigenvalue weighted by molar-refractivity contribution is 0.399. The molecular weight excluding hydrogens is 188 g/mol. The minimum atomic E-state index is 0.490. The molecule has 0 amide bonds. The smallest absolute Gasteiger partial charge is 0.243 e. The van der Waals surface area contributed by atoms with Gasteiger partial charge in [0, 0.05) is 14.1 Å². The average molecular weight is 200 g/mol. The van der Waals surface area contributed by atoms with E-state index in [1.165, 1.54) is 0 Å². The van der Waals surface area contributed by atoms with E-state index in [9.17, 15) is 0 Å². The van der Waals surface area contributed by atoms with Gasteiger partial charge >= 0.3 is 0 Å². The van der Waals surface area contributed by atoms with Crippen LogP contribution in [0.4, 0.5) is 5.95 Å². The highest BCUT2D eigenvalue weighted by Crippen LogP contribution is 2.17. The number of thiocarbonyl (C=S) groups is 1. The number of aromatic amines is 1. The van der Waals surface area contributed by atoms with Crippen molar-refractivity contribution in [1.29, 1.82) is 0 Å². The molecule has 0 spiro atoms. The maximum atomic E-state index is 5.05. The normalized spacial score (nSPS) is 9.46. The SMILES string of the molecule is CNC(=S)c1[nH]c(NC)nc1OC. The first-order chi connectivity index (χ1) is 6.22. The molecule has 1 aromatic rings. The molecule has 0 aliphatic carbocycles. The fourth-order valence-corrected chi connectivity index (χ4v) is 1.04. The number of nitrogens with one attached hydrogen (secondary N) is 3. The third kappa shape index (κ3) is 1.89. The standard InChI is InChI=1S/C7H12N4OS/c1-8-6(13)4-5(12-3)11-7(9-2)10-4/h1-3H3,(H,8,13)(H2,9,10,11). The zero-order chi connectivity index (χ0) is 9.84. The summed E-state index contributed by atoms with van der Waals surface area (Å²) in [6, 6.07) is 0. The van der Waals surface area contributed by atoms with Crippen molar-refractivity contribution >= 4 is 23.2 Å². The van der Waals surface area contributed by atoms with Crippen molar-refractivity contribution in [3.05, 3.63) is 5.69 Å². The Kier molecular flexibility index (Phi) is 3.07. The summed E-state index contributed by atoms with van der Waals surface area (Å²) in [4.78, 5) is 7.66. The molecular formula is C7H12N4OS. The van der Waals surface area contributed by atoms with Crippen LogP contribution in [0.3, 0.4) is 0 Å². The van der Waals surface area contributed by atoms with E-state index in [0.717, 1.165) is 0 Å². The highest BCUT2D eigenvalue weighted by Gasteiger charge is 2.12. The topological polar surface area (TPSA) is 62.0 Å². The summed E-state index contributed by atoms with van der Waals surface area (Å²) < 4.78 is 5.04. The summed E-state index contributed by atoms with van der Waals surface area (Å²) in [5, 5.41) is 5.71. The number of nitrogens with zero attached hydrogens (tertiary/aromatic N) is 1. The maximum Gasteiger partial charge on any atom is 0.243 e. The minimum absolute atomic E-state index is 0.490. The fraction of sp³-hybridized carbons (Fsp3) is 0.429. The van der Waals surface area contributed by atoms with E-state index in [2.05, 4.69) is 20.6 Å². The van der Waals surface area contributed by atoms with E-state index in [4.69, 9.17) is 17.0 Å². The van der Waals surface area contributed by atoms with Crippen LogP contribution in [0.25, 0.3) is 0 Å². The first-order valence-corrected chi connectivity index (χ1v) is 4.17. The first kappa shape index (κ1) is 9.79. The van der Waals surface area contributed by atoms with Crippen molar-refractivity contribution < 1.29 is 4.74 Å². The summed E-state index contributed by atoms with van der Waals surface area (Å²) in [6.45, 7) is 0. The second kappa shape index (κ2) is 4.08. The Hall–Kier alpha value is -1.30. The number of rotatable bonds is 3. The lowest BCUT2D eigenvalue weighted by Gasteiger charge is -2.00. The predicted molar refractivity (Wildman–Crippen MR) is 55.4 cm³/mol. The van der Waals surface area contributed by atoms with Gasteiger partial charge in [0.2, 0.25) is 11.8 Å². The monoisotopic (exact) mass is 200 g/mol. The molecule has 1 heterocycles. The third-order valence-electron chi connectivity index (χ3n) is 1.55. The van der Waals surface area contributed by atoms with Gasteiger partial charge in [-0.3, -0.25) is 0 Å². The molecule has 1 rings (SSSR count). The van der Waals surface area contributed by atoms with Crippen molar-refractivity contribution in [2.24, 2.45) is 0 Å². The van der Waals surface area contributed by atoms with Crippen LogP contribution in [-0.4, -0.2) is 36.2 Å². The Morgan fingerprint density at radius 3 is 2.69 bits per heavy atom. The third-order valence-corrected chi connectivity index (χ3v) is 1.96. The van der Waals surface area contributed by atoms with Gasteiger partial charge in [-0.25, -0.2) is 0 Å². The van der Waals surface area contributed by atoms with Crippen LogP contribution in [0.5, 0.6) is 5.88 Å². The Labute approximate surface area is 81.9 Å². The van der Waals surface area contributed by atoms with E-state index < -0.39 is 0 Å². The molecule has 0 saturated carbocycles. The molecule has 0 unspecified atom stereocenters. The van der Waals surface area contributed by atoms with Crippen LogP contribution >= 0.6 is 12.2 Å². The molecule has 0 aliphatic heterocycles. The average Bonchev–Trinajstić information content (AvgIpc) is 2.59. The van der Waals surface area contributed by atoms with Gasteiger partial charge in [0.15, 0.2) is 0 Å². The number of anilines is 1. The van der Waals surface area contributed by atoms with Crippen LogP contribution in [0.1, 0.15) is 5.69 Å². The zero-order valence-corrected chi connectivity index (χ0v) is 8.58. The molecule has 0 fully saturated rings. The summed E-state index contributed by atoms with van der Waals surface area (Å²) in [7, 11) is 5.07. The van der Waals surface area contributed by atoms with E-state index >= 15 is 0 Å². The summed E-state index contributed by atoms with van der Waals surface area (Å²) in [5.74, 6) is 1.12. The van der Waals surface area contributed by atoms with Crippen LogP contribution < -0.4 is 15.4 Å². The van der Waals surface area contributed by atoms with Crippen molar-refractivity contribution in [3.63, 3.8) is 0 Å². The van der Waals surface area contributed by atoms with E-state index in [-0.39, 0.29) is 0 Å². The second-order valence-corrected chi connectivity index (χ2v) is 2.71. The van der Waals surface area contributed by atoms with Crippen LogP contribution in [0, 0.1) is 0 Å². The molecule has 3 N–H and O–H groups in total. The number of ether oxygens (including phenoxy) is 1. The molecule has 72 valence electrons. The quantitative estimate of drug-likeness (QED) is 0.615. The van der Waals surface area contributed by atoms with Gasteiger partial charge in [-0.1, -0.05) is 12.2 Å². The largest absolute Gasteiger partial charge is 0.479 e. The van der Waals surface area contributed by atoms with Gasteiger partial charge in [-0.05, 0) is 0 Å². The number of H-pyrrole nitrogens is 1. The Morgan fingerprint density at radius 2 is 2.23 bits per heavy atom. The number of hydrogen-bond donors (Lipinski definition) is 3.